The van der Waals surface area contributed by atoms with E-state index in [1.54, 1.807) is 11.3 Å². The summed E-state index contributed by atoms with van der Waals surface area (Å²) in [6.45, 7) is 3.13. The molecule has 0 aromatic carbocycles. The van der Waals surface area contributed by atoms with Crippen molar-refractivity contribution in [3.63, 3.8) is 0 Å². The van der Waals surface area contributed by atoms with Crippen LogP contribution in [0, 0.1) is 3.70 Å². The lowest BCUT2D eigenvalue weighted by Crippen LogP contribution is -1.93. The molecule has 0 aliphatic heterocycles. The minimum atomic E-state index is 0.838. The predicted octanol–water partition coefficient (Wildman–Crippen LogP) is 4.74. The largest absolute Gasteiger partial charge is 0.328 e. The summed E-state index contributed by atoms with van der Waals surface area (Å²) in [4.78, 5) is 1.25. The Balaban J connectivity index is 2.84. The summed E-state index contributed by atoms with van der Waals surface area (Å²) in [6, 6.07) is 2.13. The van der Waals surface area contributed by atoms with Gasteiger partial charge in [0, 0.05) is 11.9 Å². The van der Waals surface area contributed by atoms with Crippen molar-refractivity contribution in [2.45, 2.75) is 13.5 Å². The minimum absolute atomic E-state index is 0.838. The van der Waals surface area contributed by atoms with E-state index in [1.807, 2.05) is 0 Å². The maximum atomic E-state index is 6.13. The number of thiophene rings is 1. The van der Waals surface area contributed by atoms with E-state index in [4.69, 9.17) is 11.6 Å². The zero-order chi connectivity index (χ0) is 9.59. The van der Waals surface area contributed by atoms with E-state index >= 15 is 0 Å². The number of nitrogens with zero attached hydrogens (tertiary/aromatic N) is 1. The van der Waals surface area contributed by atoms with Crippen molar-refractivity contribution in [3.05, 3.63) is 18.6 Å². The van der Waals surface area contributed by atoms with Crippen LogP contribution >= 0.6 is 61.5 Å². The van der Waals surface area contributed by atoms with E-state index in [0.717, 1.165) is 20.7 Å². The molecule has 70 valence electrons. The lowest BCUT2D eigenvalue weighted by atomic mass is 10.4. The summed E-state index contributed by atoms with van der Waals surface area (Å²) in [5, 5.41) is 2.00. The smallest absolute Gasteiger partial charge is 0.106 e. The Bertz CT molecular complexity index is 462. The number of rotatable bonds is 1. The predicted molar refractivity (Wildman–Crippen MR) is 70.9 cm³/mol. The molecule has 0 bridgehead atoms. The molecular formula is C8H6BrClINS. The van der Waals surface area contributed by atoms with Gasteiger partial charge in [0.25, 0.3) is 0 Å². The molecule has 0 fully saturated rings. The number of hydrogen-bond acceptors (Lipinski definition) is 1. The van der Waals surface area contributed by atoms with Gasteiger partial charge < -0.3 is 4.57 Å². The highest BCUT2D eigenvalue weighted by atomic mass is 127. The average Bonchev–Trinajstić information content (AvgIpc) is 2.52. The molecule has 0 N–H and O–H groups in total. The number of hydrogen-bond donors (Lipinski definition) is 0. The van der Waals surface area contributed by atoms with Gasteiger partial charge in [0.2, 0.25) is 0 Å². The fraction of sp³-hybridized carbons (Fsp3) is 0.250. The van der Waals surface area contributed by atoms with Crippen LogP contribution in [0.5, 0.6) is 0 Å². The summed E-state index contributed by atoms with van der Waals surface area (Å²) < 4.78 is 4.53. The lowest BCUT2D eigenvalue weighted by Gasteiger charge is -1.98. The molecule has 0 amide bonds. The first-order valence-electron chi connectivity index (χ1n) is 3.77. The van der Waals surface area contributed by atoms with Gasteiger partial charge in [-0.1, -0.05) is 11.6 Å². The molecule has 0 saturated carbocycles. The van der Waals surface area contributed by atoms with Gasteiger partial charge in [-0.2, -0.15) is 0 Å². The molecule has 0 unspecified atom stereocenters. The number of halogens is 3. The molecule has 1 nitrogen and oxygen atoms in total. The van der Waals surface area contributed by atoms with Crippen LogP contribution in [-0.4, -0.2) is 4.57 Å². The van der Waals surface area contributed by atoms with E-state index in [0.29, 0.717) is 0 Å². The third-order valence-electron chi connectivity index (χ3n) is 1.91. The first kappa shape index (κ1) is 10.3. The molecule has 0 radical (unpaired) electrons. The molecule has 5 heteroatoms. The van der Waals surface area contributed by atoms with E-state index < -0.39 is 0 Å². The van der Waals surface area contributed by atoms with Gasteiger partial charge in [0.15, 0.2) is 0 Å². The maximum Gasteiger partial charge on any atom is 0.106 e. The fourth-order valence-corrected chi connectivity index (χ4v) is 4.32. The van der Waals surface area contributed by atoms with Crippen LogP contribution in [0.2, 0.25) is 5.02 Å². The van der Waals surface area contributed by atoms with Crippen LogP contribution < -0.4 is 0 Å². The zero-order valence-electron chi connectivity index (χ0n) is 6.77. The molecule has 0 spiro atoms. The summed E-state index contributed by atoms with van der Waals surface area (Å²) in [6.07, 6.45) is 0. The van der Waals surface area contributed by atoms with Gasteiger partial charge >= 0.3 is 0 Å². The van der Waals surface area contributed by atoms with Gasteiger partial charge in [-0.3, -0.25) is 0 Å². The van der Waals surface area contributed by atoms with Gasteiger partial charge in [-0.25, -0.2) is 0 Å². The summed E-state index contributed by atoms with van der Waals surface area (Å²) >= 11 is 13.6. The molecule has 0 atom stereocenters. The number of aryl methyl sites for hydroxylation is 1. The van der Waals surface area contributed by atoms with Gasteiger partial charge in [-0.05, 0) is 51.5 Å². The number of aromatic nitrogens is 1. The summed E-state index contributed by atoms with van der Waals surface area (Å²) in [7, 11) is 0. The van der Waals surface area contributed by atoms with Crippen molar-refractivity contribution in [3.8, 4) is 0 Å². The molecule has 2 aromatic rings. The van der Waals surface area contributed by atoms with Crippen LogP contribution in [0.1, 0.15) is 6.92 Å². The quantitative estimate of drug-likeness (QED) is 0.620. The van der Waals surface area contributed by atoms with Crippen molar-refractivity contribution in [1.29, 1.82) is 0 Å². The van der Waals surface area contributed by atoms with E-state index in [9.17, 15) is 0 Å². The molecule has 0 saturated heterocycles. The average molecular weight is 390 g/mol. The molecular weight excluding hydrogens is 384 g/mol. The second kappa shape index (κ2) is 3.72. The highest BCUT2D eigenvalue weighted by Crippen LogP contribution is 2.40. The third kappa shape index (κ3) is 1.56. The lowest BCUT2D eigenvalue weighted by molar-refractivity contribution is 0.783. The molecule has 0 aliphatic carbocycles. The molecule has 2 rings (SSSR count). The van der Waals surface area contributed by atoms with Crippen LogP contribution in [0.15, 0.2) is 9.85 Å². The highest BCUT2D eigenvalue weighted by molar-refractivity contribution is 14.1. The van der Waals surface area contributed by atoms with Gasteiger partial charge in [0.1, 0.15) is 4.83 Å². The van der Waals surface area contributed by atoms with Crippen molar-refractivity contribution < 1.29 is 0 Å². The van der Waals surface area contributed by atoms with Crippen molar-refractivity contribution >= 4 is 71.7 Å². The second-order valence-corrected chi connectivity index (χ2v) is 6.42. The van der Waals surface area contributed by atoms with E-state index in [-0.39, 0.29) is 0 Å². The normalized spacial score (nSPS) is 11.4. The molecule has 2 heterocycles. The van der Waals surface area contributed by atoms with Gasteiger partial charge in [0.05, 0.1) is 12.5 Å². The van der Waals surface area contributed by atoms with E-state index in [1.165, 1.54) is 8.53 Å². The van der Waals surface area contributed by atoms with Crippen LogP contribution in [0.3, 0.4) is 0 Å². The molecule has 13 heavy (non-hydrogen) atoms. The third-order valence-corrected chi connectivity index (χ3v) is 5.43. The minimum Gasteiger partial charge on any atom is -0.328 e. The Labute approximate surface area is 107 Å². The van der Waals surface area contributed by atoms with E-state index in [2.05, 4.69) is 56.1 Å². The SMILES string of the molecule is CCn1c(I)cc2c(Cl)c(Br)sc21. The topological polar surface area (TPSA) is 4.93 Å². The summed E-state index contributed by atoms with van der Waals surface area (Å²) in [5.74, 6) is 0. The Morgan fingerprint density at radius 3 is 3.00 bits per heavy atom. The molecule has 0 aliphatic rings. The first-order chi connectivity index (χ1) is 6.15. The monoisotopic (exact) mass is 389 g/mol. The van der Waals surface area contributed by atoms with Crippen molar-refractivity contribution in [2.75, 3.05) is 0 Å². The van der Waals surface area contributed by atoms with Crippen LogP contribution in [-0.2, 0) is 6.54 Å². The fourth-order valence-electron chi connectivity index (χ4n) is 1.30. The first-order valence-corrected chi connectivity index (χ1v) is 6.84. The van der Waals surface area contributed by atoms with Crippen molar-refractivity contribution in [1.82, 2.24) is 4.57 Å². The maximum absolute atomic E-state index is 6.13. The van der Waals surface area contributed by atoms with Crippen LogP contribution in [0.4, 0.5) is 0 Å². The highest BCUT2D eigenvalue weighted by Gasteiger charge is 2.13. The second-order valence-electron chi connectivity index (χ2n) is 2.62. The Hall–Kier alpha value is 0.740. The van der Waals surface area contributed by atoms with Crippen molar-refractivity contribution in [2.24, 2.45) is 0 Å². The number of fused-ring (bicyclic) bond motifs is 1. The molecule has 2 aromatic heterocycles. The Kier molecular flexibility index (Phi) is 2.93. The zero-order valence-corrected chi connectivity index (χ0v) is 12.1. The summed E-state index contributed by atoms with van der Waals surface area (Å²) in [5.41, 5.74) is 0. The van der Waals surface area contributed by atoms with Crippen LogP contribution in [0.25, 0.3) is 10.2 Å². The Morgan fingerprint density at radius 2 is 2.38 bits per heavy atom. The van der Waals surface area contributed by atoms with Gasteiger partial charge in [-0.15, -0.1) is 11.3 Å². The Morgan fingerprint density at radius 1 is 1.69 bits per heavy atom. The standard InChI is InChI=1S/C8H6BrClINS/c1-2-12-5(11)3-4-6(10)7(9)13-8(4)12/h3H,2H2,1H3.